The zero-order chi connectivity index (χ0) is 15.7. The minimum Gasteiger partial charge on any atom is -0.479 e. The van der Waals surface area contributed by atoms with E-state index in [2.05, 4.69) is 12.1 Å². The van der Waals surface area contributed by atoms with Gasteiger partial charge in [-0.05, 0) is 30.4 Å². The number of nitrogens with zero attached hydrogens (tertiary/aromatic N) is 1. The number of methoxy groups -OCH3 is 1. The van der Waals surface area contributed by atoms with E-state index in [9.17, 15) is 14.7 Å². The van der Waals surface area contributed by atoms with E-state index >= 15 is 0 Å². The van der Waals surface area contributed by atoms with Crippen molar-refractivity contribution in [2.75, 3.05) is 20.2 Å². The van der Waals surface area contributed by atoms with Crippen molar-refractivity contribution < 1.29 is 19.4 Å². The van der Waals surface area contributed by atoms with Crippen LogP contribution in [0.4, 0.5) is 0 Å². The number of aryl methyl sites for hydroxylation is 1. The first-order valence-corrected chi connectivity index (χ1v) is 7.70. The number of ether oxygens (including phenoxy) is 1. The fourth-order valence-electron chi connectivity index (χ4n) is 3.57. The van der Waals surface area contributed by atoms with E-state index in [1.165, 1.54) is 18.2 Å². The molecule has 0 aromatic heterocycles. The number of hydrogen-bond acceptors (Lipinski definition) is 3. The second-order valence-corrected chi connectivity index (χ2v) is 6.22. The minimum absolute atomic E-state index is 0.0450. The number of aliphatic carboxylic acids is 1. The van der Waals surface area contributed by atoms with Gasteiger partial charge in [0.15, 0.2) is 5.60 Å². The number of fused-ring (bicyclic) bond motifs is 1. The predicted octanol–water partition coefficient (Wildman–Crippen LogP) is 1.49. The van der Waals surface area contributed by atoms with Crippen LogP contribution in [0.25, 0.3) is 0 Å². The number of carbonyl (C=O) groups is 2. The number of benzene rings is 1. The Kier molecular flexibility index (Phi) is 3.91. The van der Waals surface area contributed by atoms with Crippen LogP contribution in [0.5, 0.6) is 0 Å². The van der Waals surface area contributed by atoms with Crippen LogP contribution in [0.3, 0.4) is 0 Å². The molecule has 3 rings (SSSR count). The Morgan fingerprint density at radius 1 is 1.32 bits per heavy atom. The Morgan fingerprint density at radius 3 is 2.68 bits per heavy atom. The van der Waals surface area contributed by atoms with Crippen molar-refractivity contribution in [3.63, 3.8) is 0 Å². The molecular formula is C17H21NO4. The Bertz CT molecular complexity index is 600. The summed E-state index contributed by atoms with van der Waals surface area (Å²) in [6.07, 6.45) is 2.85. The third-order valence-electron chi connectivity index (χ3n) is 5.02. The highest BCUT2D eigenvalue weighted by Crippen LogP contribution is 2.31. The van der Waals surface area contributed by atoms with Gasteiger partial charge >= 0.3 is 5.97 Å². The zero-order valence-electron chi connectivity index (χ0n) is 12.7. The van der Waals surface area contributed by atoms with Gasteiger partial charge in [-0.25, -0.2) is 4.79 Å². The second kappa shape index (κ2) is 5.72. The third-order valence-corrected chi connectivity index (χ3v) is 5.02. The van der Waals surface area contributed by atoms with Crippen LogP contribution < -0.4 is 0 Å². The van der Waals surface area contributed by atoms with E-state index in [0.717, 1.165) is 19.3 Å². The van der Waals surface area contributed by atoms with Crippen molar-refractivity contribution in [2.45, 2.75) is 31.3 Å². The molecule has 1 saturated heterocycles. The number of carboxylic acids is 1. The first-order chi connectivity index (χ1) is 10.6. The number of rotatable bonds is 3. The standard InChI is InChI=1S/C17H21NO4/c1-22-17(16(20)21)8-9-18(11-17)15(19)14-7-6-12-4-2-3-5-13(12)10-14/h2-5,14H,6-11H2,1H3,(H,20,21). The highest BCUT2D eigenvalue weighted by molar-refractivity contribution is 5.84. The zero-order valence-corrected chi connectivity index (χ0v) is 12.7. The van der Waals surface area contributed by atoms with Gasteiger partial charge in [0.1, 0.15) is 0 Å². The summed E-state index contributed by atoms with van der Waals surface area (Å²) in [7, 11) is 1.40. The van der Waals surface area contributed by atoms with Crippen molar-refractivity contribution >= 4 is 11.9 Å². The largest absolute Gasteiger partial charge is 0.479 e. The summed E-state index contributed by atoms with van der Waals surface area (Å²) in [5, 5.41) is 9.34. The molecule has 2 atom stereocenters. The molecular weight excluding hydrogens is 282 g/mol. The van der Waals surface area contributed by atoms with Crippen LogP contribution >= 0.6 is 0 Å². The van der Waals surface area contributed by atoms with Gasteiger partial charge in [-0.15, -0.1) is 0 Å². The van der Waals surface area contributed by atoms with Gasteiger partial charge in [-0.3, -0.25) is 4.79 Å². The van der Waals surface area contributed by atoms with Crippen LogP contribution in [0.15, 0.2) is 24.3 Å². The van der Waals surface area contributed by atoms with E-state index in [0.29, 0.717) is 13.0 Å². The lowest BCUT2D eigenvalue weighted by molar-refractivity contribution is -0.161. The molecule has 1 fully saturated rings. The molecule has 1 aliphatic carbocycles. The fourth-order valence-corrected chi connectivity index (χ4v) is 3.57. The van der Waals surface area contributed by atoms with E-state index in [4.69, 9.17) is 4.74 Å². The van der Waals surface area contributed by atoms with Gasteiger partial charge < -0.3 is 14.7 Å². The van der Waals surface area contributed by atoms with Crippen molar-refractivity contribution in [1.29, 1.82) is 0 Å². The Balaban J connectivity index is 1.70. The van der Waals surface area contributed by atoms with Crippen LogP contribution in [0, 0.1) is 5.92 Å². The first-order valence-electron chi connectivity index (χ1n) is 7.70. The van der Waals surface area contributed by atoms with Crippen LogP contribution in [0.2, 0.25) is 0 Å². The third kappa shape index (κ3) is 2.50. The van der Waals surface area contributed by atoms with Gasteiger partial charge in [0.2, 0.25) is 5.91 Å². The van der Waals surface area contributed by atoms with Crippen molar-refractivity contribution in [2.24, 2.45) is 5.92 Å². The number of carbonyl (C=O) groups excluding carboxylic acids is 1. The van der Waals surface area contributed by atoms with Crippen molar-refractivity contribution in [3.8, 4) is 0 Å². The molecule has 2 aliphatic rings. The van der Waals surface area contributed by atoms with E-state index in [-0.39, 0.29) is 18.4 Å². The SMILES string of the molecule is COC1(C(=O)O)CCN(C(=O)C2CCc3ccccc3C2)C1. The molecule has 0 spiro atoms. The Morgan fingerprint density at radius 2 is 2.05 bits per heavy atom. The average Bonchev–Trinajstić information content (AvgIpc) is 2.99. The Hall–Kier alpha value is -1.88. The molecule has 1 aromatic rings. The monoisotopic (exact) mass is 303 g/mol. The lowest BCUT2D eigenvalue weighted by Gasteiger charge is -2.29. The summed E-state index contributed by atoms with van der Waals surface area (Å²) in [4.78, 5) is 25.8. The van der Waals surface area contributed by atoms with Gasteiger partial charge in [0, 0.05) is 26.0 Å². The molecule has 1 aliphatic heterocycles. The summed E-state index contributed by atoms with van der Waals surface area (Å²) in [5.41, 5.74) is 1.33. The molecule has 1 N–H and O–H groups in total. The van der Waals surface area contributed by atoms with Crippen LogP contribution in [0.1, 0.15) is 24.0 Å². The highest BCUT2D eigenvalue weighted by atomic mass is 16.5. The average molecular weight is 303 g/mol. The maximum atomic E-state index is 12.7. The van der Waals surface area contributed by atoms with Gasteiger partial charge in [-0.1, -0.05) is 24.3 Å². The topological polar surface area (TPSA) is 66.8 Å². The maximum Gasteiger partial charge on any atom is 0.337 e. The summed E-state index contributed by atoms with van der Waals surface area (Å²) >= 11 is 0. The molecule has 0 saturated carbocycles. The normalized spacial score (nSPS) is 27.5. The molecule has 0 bridgehead atoms. The maximum absolute atomic E-state index is 12.7. The predicted molar refractivity (Wildman–Crippen MR) is 80.5 cm³/mol. The summed E-state index contributed by atoms with van der Waals surface area (Å²) in [6.45, 7) is 0.604. The number of amides is 1. The van der Waals surface area contributed by atoms with Crippen LogP contribution in [-0.2, 0) is 27.2 Å². The number of hydrogen-bond donors (Lipinski definition) is 1. The molecule has 2 unspecified atom stereocenters. The molecule has 22 heavy (non-hydrogen) atoms. The summed E-state index contributed by atoms with van der Waals surface area (Å²) in [6, 6.07) is 8.23. The Labute approximate surface area is 129 Å². The molecule has 1 amide bonds. The highest BCUT2D eigenvalue weighted by Gasteiger charge is 2.47. The van der Waals surface area contributed by atoms with Gasteiger partial charge in [-0.2, -0.15) is 0 Å². The molecule has 5 nitrogen and oxygen atoms in total. The van der Waals surface area contributed by atoms with E-state index < -0.39 is 11.6 Å². The van der Waals surface area contributed by atoms with Crippen LogP contribution in [-0.4, -0.2) is 47.7 Å². The second-order valence-electron chi connectivity index (χ2n) is 6.22. The first kappa shape index (κ1) is 15.0. The number of likely N-dealkylation sites (tertiary alicyclic amines) is 1. The van der Waals surface area contributed by atoms with E-state index in [1.807, 2.05) is 12.1 Å². The molecule has 118 valence electrons. The molecule has 5 heteroatoms. The molecule has 1 heterocycles. The quantitative estimate of drug-likeness (QED) is 0.919. The minimum atomic E-state index is -1.23. The summed E-state index contributed by atoms with van der Waals surface area (Å²) < 4.78 is 5.19. The van der Waals surface area contributed by atoms with E-state index in [1.54, 1.807) is 4.90 Å². The lowest BCUT2D eigenvalue weighted by Crippen LogP contribution is -2.45. The fraction of sp³-hybridized carbons (Fsp3) is 0.529. The van der Waals surface area contributed by atoms with Crippen molar-refractivity contribution in [3.05, 3.63) is 35.4 Å². The molecule has 1 aromatic carbocycles. The lowest BCUT2D eigenvalue weighted by atomic mass is 9.83. The van der Waals surface area contributed by atoms with Gasteiger partial charge in [0.05, 0.1) is 6.54 Å². The number of carboxylic acid groups (broad SMARTS) is 1. The summed E-state index contributed by atoms with van der Waals surface area (Å²) in [5.74, 6) is -0.967. The van der Waals surface area contributed by atoms with Crippen molar-refractivity contribution in [1.82, 2.24) is 4.90 Å². The smallest absolute Gasteiger partial charge is 0.337 e. The molecule has 0 radical (unpaired) electrons. The van der Waals surface area contributed by atoms with Gasteiger partial charge in [0.25, 0.3) is 0 Å².